The Labute approximate surface area is 130 Å². The highest BCUT2D eigenvalue weighted by Gasteiger charge is 2.35. The van der Waals surface area contributed by atoms with Crippen LogP contribution in [0.4, 0.5) is 15.3 Å². The molecule has 120 valence electrons. The highest BCUT2D eigenvalue weighted by Crippen LogP contribution is 2.29. The van der Waals surface area contributed by atoms with E-state index in [2.05, 4.69) is 0 Å². The summed E-state index contributed by atoms with van der Waals surface area (Å²) in [6.45, 7) is 7.45. The molecule has 1 heterocycles. The van der Waals surface area contributed by atoms with Gasteiger partial charge in [0.1, 0.15) is 0 Å². The molecule has 0 saturated carbocycles. The number of fused-ring (bicyclic) bond motifs is 1. The maximum Gasteiger partial charge on any atom is 0.434 e. The standard InChI is InChI=1S/C16H22N2O4/c1-11(2)21-15(19)17-10-9-13-7-5-6-8-14(13)18(17)16(20)22-12(3)4/h5-8,11-12H,9-10H2,1-4H3. The largest absolute Gasteiger partial charge is 0.445 e. The summed E-state index contributed by atoms with van der Waals surface area (Å²) in [6, 6.07) is 7.47. The lowest BCUT2D eigenvalue weighted by molar-refractivity contribution is 0.0612. The molecule has 0 radical (unpaired) electrons. The summed E-state index contributed by atoms with van der Waals surface area (Å²) in [5.41, 5.74) is 1.65. The van der Waals surface area contributed by atoms with Crippen molar-refractivity contribution in [2.45, 2.75) is 46.3 Å². The molecule has 1 aromatic carbocycles. The fourth-order valence-corrected chi connectivity index (χ4v) is 2.27. The first-order chi connectivity index (χ1) is 10.4. The van der Waals surface area contributed by atoms with E-state index in [1.807, 2.05) is 18.2 Å². The molecule has 0 saturated heterocycles. The van der Waals surface area contributed by atoms with E-state index < -0.39 is 12.2 Å². The lowest BCUT2D eigenvalue weighted by Crippen LogP contribution is -2.54. The van der Waals surface area contributed by atoms with Gasteiger partial charge >= 0.3 is 12.2 Å². The predicted molar refractivity (Wildman–Crippen MR) is 82.6 cm³/mol. The summed E-state index contributed by atoms with van der Waals surface area (Å²) in [4.78, 5) is 24.7. The van der Waals surface area contributed by atoms with Gasteiger partial charge in [-0.1, -0.05) is 18.2 Å². The van der Waals surface area contributed by atoms with Crippen LogP contribution in [0.1, 0.15) is 33.3 Å². The van der Waals surface area contributed by atoms with Gasteiger partial charge in [-0.2, -0.15) is 5.01 Å². The zero-order valence-electron chi connectivity index (χ0n) is 13.4. The van der Waals surface area contributed by atoms with Gasteiger partial charge in [-0.15, -0.1) is 0 Å². The first-order valence-corrected chi connectivity index (χ1v) is 7.47. The number of carbonyl (C=O) groups is 2. The second-order valence-corrected chi connectivity index (χ2v) is 5.68. The SMILES string of the molecule is CC(C)OC(=O)N1CCc2ccccc2N1C(=O)OC(C)C. The van der Waals surface area contributed by atoms with Crippen LogP contribution in [0.25, 0.3) is 0 Å². The van der Waals surface area contributed by atoms with Crippen molar-refractivity contribution in [1.29, 1.82) is 0 Å². The molecule has 0 bridgehead atoms. The van der Waals surface area contributed by atoms with E-state index in [1.54, 1.807) is 33.8 Å². The van der Waals surface area contributed by atoms with Crippen molar-refractivity contribution >= 4 is 17.9 Å². The van der Waals surface area contributed by atoms with Crippen LogP contribution >= 0.6 is 0 Å². The van der Waals surface area contributed by atoms with E-state index in [1.165, 1.54) is 10.0 Å². The van der Waals surface area contributed by atoms with E-state index in [4.69, 9.17) is 9.47 Å². The number of para-hydroxylation sites is 1. The Morgan fingerprint density at radius 3 is 2.23 bits per heavy atom. The van der Waals surface area contributed by atoms with E-state index in [0.717, 1.165) is 5.56 Å². The zero-order chi connectivity index (χ0) is 16.3. The van der Waals surface area contributed by atoms with E-state index in [9.17, 15) is 9.59 Å². The van der Waals surface area contributed by atoms with Crippen molar-refractivity contribution in [2.24, 2.45) is 0 Å². The van der Waals surface area contributed by atoms with Crippen molar-refractivity contribution in [1.82, 2.24) is 5.01 Å². The molecule has 2 amide bonds. The number of hydrogen-bond donors (Lipinski definition) is 0. The smallest absolute Gasteiger partial charge is 0.434 e. The van der Waals surface area contributed by atoms with Crippen molar-refractivity contribution in [3.8, 4) is 0 Å². The fraction of sp³-hybridized carbons (Fsp3) is 0.500. The molecule has 1 aliphatic heterocycles. The van der Waals surface area contributed by atoms with Crippen LogP contribution in [-0.2, 0) is 15.9 Å². The number of amides is 2. The minimum atomic E-state index is -0.581. The summed E-state index contributed by atoms with van der Waals surface area (Å²) in [5, 5.41) is 2.57. The third-order valence-electron chi connectivity index (χ3n) is 3.11. The Hall–Kier alpha value is -2.24. The molecule has 0 unspecified atom stereocenters. The molecule has 0 N–H and O–H groups in total. The number of benzene rings is 1. The molecule has 1 aliphatic rings. The minimum Gasteiger partial charge on any atom is -0.445 e. The molecule has 0 spiro atoms. The van der Waals surface area contributed by atoms with Gasteiger partial charge in [-0.25, -0.2) is 14.6 Å². The monoisotopic (exact) mass is 306 g/mol. The maximum atomic E-state index is 12.4. The normalized spacial score (nSPS) is 14.1. The molecule has 2 rings (SSSR count). The van der Waals surface area contributed by atoms with Gasteiger partial charge in [-0.05, 0) is 45.7 Å². The van der Waals surface area contributed by atoms with E-state index in [0.29, 0.717) is 18.7 Å². The van der Waals surface area contributed by atoms with Crippen LogP contribution < -0.4 is 5.01 Å². The van der Waals surface area contributed by atoms with Crippen LogP contribution in [-0.4, -0.2) is 35.9 Å². The van der Waals surface area contributed by atoms with Crippen LogP contribution in [0, 0.1) is 0 Å². The van der Waals surface area contributed by atoms with Crippen molar-refractivity contribution < 1.29 is 19.1 Å². The van der Waals surface area contributed by atoms with Gasteiger partial charge in [0.25, 0.3) is 0 Å². The average molecular weight is 306 g/mol. The average Bonchev–Trinajstić information content (AvgIpc) is 2.44. The summed E-state index contributed by atoms with van der Waals surface area (Å²) in [5.74, 6) is 0. The summed E-state index contributed by atoms with van der Waals surface area (Å²) >= 11 is 0. The van der Waals surface area contributed by atoms with Crippen LogP contribution in [0.3, 0.4) is 0 Å². The Bertz CT molecular complexity index is 557. The van der Waals surface area contributed by atoms with Crippen molar-refractivity contribution in [3.05, 3.63) is 29.8 Å². The third-order valence-corrected chi connectivity index (χ3v) is 3.11. The number of carbonyl (C=O) groups excluding carboxylic acids is 2. The first-order valence-electron chi connectivity index (χ1n) is 7.47. The number of anilines is 1. The maximum absolute atomic E-state index is 12.4. The summed E-state index contributed by atoms with van der Waals surface area (Å²) < 4.78 is 10.5. The van der Waals surface area contributed by atoms with Gasteiger partial charge < -0.3 is 9.47 Å². The zero-order valence-corrected chi connectivity index (χ0v) is 13.4. The van der Waals surface area contributed by atoms with E-state index >= 15 is 0 Å². The number of ether oxygens (including phenoxy) is 2. The molecule has 0 aliphatic carbocycles. The number of rotatable bonds is 2. The fourth-order valence-electron chi connectivity index (χ4n) is 2.27. The second kappa shape index (κ2) is 6.68. The minimum absolute atomic E-state index is 0.257. The predicted octanol–water partition coefficient (Wildman–Crippen LogP) is 3.36. The van der Waals surface area contributed by atoms with Crippen molar-refractivity contribution in [2.75, 3.05) is 11.6 Å². The van der Waals surface area contributed by atoms with Crippen LogP contribution in [0.15, 0.2) is 24.3 Å². The second-order valence-electron chi connectivity index (χ2n) is 5.68. The van der Waals surface area contributed by atoms with Crippen LogP contribution in [0.2, 0.25) is 0 Å². The van der Waals surface area contributed by atoms with Gasteiger partial charge in [0.05, 0.1) is 24.4 Å². The van der Waals surface area contributed by atoms with Crippen LogP contribution in [0.5, 0.6) is 0 Å². The topological polar surface area (TPSA) is 59.1 Å². The molecule has 22 heavy (non-hydrogen) atoms. The Balaban J connectivity index is 2.33. The van der Waals surface area contributed by atoms with Gasteiger partial charge in [-0.3, -0.25) is 0 Å². The van der Waals surface area contributed by atoms with Gasteiger partial charge in [0.15, 0.2) is 0 Å². The Morgan fingerprint density at radius 2 is 1.59 bits per heavy atom. The molecule has 0 atom stereocenters. The first kappa shape index (κ1) is 16.1. The summed E-state index contributed by atoms with van der Waals surface area (Å²) in [7, 11) is 0. The summed E-state index contributed by atoms with van der Waals surface area (Å²) in [6.07, 6.45) is -1.00. The van der Waals surface area contributed by atoms with E-state index in [-0.39, 0.29) is 12.2 Å². The molecule has 1 aromatic rings. The number of nitrogens with zero attached hydrogens (tertiary/aromatic N) is 2. The molecule has 0 fully saturated rings. The van der Waals surface area contributed by atoms with Gasteiger partial charge in [0.2, 0.25) is 0 Å². The highest BCUT2D eigenvalue weighted by molar-refractivity contribution is 5.92. The van der Waals surface area contributed by atoms with Crippen molar-refractivity contribution in [3.63, 3.8) is 0 Å². The number of hydrazine groups is 1. The Kier molecular flexibility index (Phi) is 4.90. The number of hydrogen-bond acceptors (Lipinski definition) is 4. The highest BCUT2D eigenvalue weighted by atomic mass is 16.6. The molecule has 0 aromatic heterocycles. The Morgan fingerprint density at radius 1 is 1.00 bits per heavy atom. The lowest BCUT2D eigenvalue weighted by atomic mass is 10.1. The quantitative estimate of drug-likeness (QED) is 0.840. The van der Waals surface area contributed by atoms with Gasteiger partial charge in [0, 0.05) is 0 Å². The third kappa shape index (κ3) is 3.50. The lowest BCUT2D eigenvalue weighted by Gasteiger charge is -2.38. The molecule has 6 nitrogen and oxygen atoms in total. The molecular weight excluding hydrogens is 284 g/mol. The molecular formula is C16H22N2O4. The molecule has 6 heteroatoms.